The fraction of sp³-hybridized carbons (Fsp3) is 0.213. The molecule has 0 aliphatic rings. The van der Waals surface area contributed by atoms with Gasteiger partial charge in [-0.3, -0.25) is 13.8 Å². The summed E-state index contributed by atoms with van der Waals surface area (Å²) < 4.78 is 120. The van der Waals surface area contributed by atoms with Gasteiger partial charge >= 0.3 is 0 Å². The van der Waals surface area contributed by atoms with Crippen LogP contribution in [-0.2, 0) is 31.1 Å². The summed E-state index contributed by atoms with van der Waals surface area (Å²) in [5, 5.41) is 54.4. The van der Waals surface area contributed by atoms with E-state index in [1.165, 1.54) is 163 Å². The number of nitrogens with zero attached hydrogens (tertiary/aromatic N) is 17. The molecule has 0 saturated heterocycles. The summed E-state index contributed by atoms with van der Waals surface area (Å²) in [7, 11) is 3.36. The number of pyridine rings is 5. The Hall–Kier alpha value is -11.5. The van der Waals surface area contributed by atoms with E-state index in [1.54, 1.807) is 24.3 Å². The van der Waals surface area contributed by atoms with Crippen LogP contribution in [0.1, 0.15) is 38.1 Å². The lowest BCUT2D eigenvalue weighted by Gasteiger charge is -2.26. The first-order chi connectivity index (χ1) is 56.1. The van der Waals surface area contributed by atoms with E-state index in [1.807, 2.05) is 0 Å². The molecule has 616 valence electrons. The van der Waals surface area contributed by atoms with Crippen molar-refractivity contribution >= 4 is 95.6 Å². The molecule has 0 saturated carbocycles. The van der Waals surface area contributed by atoms with E-state index in [4.69, 9.17) is 104 Å². The Morgan fingerprint density at radius 3 is 1.04 bits per heavy atom. The molecule has 31 nitrogen and oxygen atoms in total. The normalized spacial score (nSPS) is 12.1. The fourth-order valence-corrected chi connectivity index (χ4v) is 11.5. The van der Waals surface area contributed by atoms with Gasteiger partial charge in [-0.2, -0.15) is 8.42 Å². The summed E-state index contributed by atoms with van der Waals surface area (Å²) in [6, 6.07) is 35.5. The van der Waals surface area contributed by atoms with Gasteiger partial charge in [0.1, 0.15) is 121 Å². The zero-order valence-electron chi connectivity index (χ0n) is 62.2. The Kier molecular flexibility index (Phi) is 36.1. The molecule has 10 rings (SSSR count). The van der Waals surface area contributed by atoms with E-state index in [-0.39, 0.29) is 77.8 Å². The maximum absolute atomic E-state index is 13.5. The maximum atomic E-state index is 13.5. The summed E-state index contributed by atoms with van der Waals surface area (Å²) in [6.45, 7) is 0.588. The lowest BCUT2D eigenvalue weighted by Crippen LogP contribution is -2.36. The van der Waals surface area contributed by atoms with Gasteiger partial charge in [-0.15, -0.1) is 0 Å². The topological polar surface area (TPSA) is 464 Å². The van der Waals surface area contributed by atoms with E-state index < -0.39 is 88.1 Å². The number of halogens is 11. The van der Waals surface area contributed by atoms with Gasteiger partial charge < -0.3 is 44.1 Å². The van der Waals surface area contributed by atoms with Gasteiger partial charge in [0, 0.05) is 47.5 Å². The number of ether oxygens (including phenoxy) is 5. The first-order valence-electron chi connectivity index (χ1n) is 33.1. The molecular formula is C75H64BrCl5F5N17O14S. The Bertz CT molecular complexity index is 5670. The van der Waals surface area contributed by atoms with Crippen molar-refractivity contribution < 1.29 is 88.3 Å². The molecule has 10 aromatic rings. The predicted molar refractivity (Wildman–Crippen MR) is 434 cm³/mol. The molecule has 0 fully saturated rings. The number of azide groups is 4. The van der Waals surface area contributed by atoms with Crippen LogP contribution in [0.5, 0.6) is 28.7 Å². The molecule has 0 amide bonds. The highest BCUT2D eigenvalue weighted by molar-refractivity contribution is 9.09. The van der Waals surface area contributed by atoms with Gasteiger partial charge in [0.15, 0.2) is 11.6 Å². The number of benzene rings is 5. The van der Waals surface area contributed by atoms with E-state index in [2.05, 4.69) is 91.7 Å². The minimum absolute atomic E-state index is 0.0106. The zero-order valence-corrected chi connectivity index (χ0v) is 68.4. The van der Waals surface area contributed by atoms with Crippen LogP contribution in [0.3, 0.4) is 0 Å². The van der Waals surface area contributed by atoms with Crippen LogP contribution < -0.4 is 23.7 Å². The minimum atomic E-state index is -3.88. The molecule has 4 N–H and O–H groups in total. The summed E-state index contributed by atoms with van der Waals surface area (Å²) in [6.07, 6.45) is 2.05. The molecule has 43 heteroatoms. The predicted octanol–water partition coefficient (Wildman–Crippen LogP) is 18.5. The highest BCUT2D eigenvalue weighted by Gasteiger charge is 2.35. The quantitative estimate of drug-likeness (QED) is 0.00494. The van der Waals surface area contributed by atoms with E-state index in [0.717, 1.165) is 12.3 Å². The molecule has 5 aromatic carbocycles. The fourth-order valence-electron chi connectivity index (χ4n) is 9.93. The van der Waals surface area contributed by atoms with Crippen molar-refractivity contribution in [3.05, 3.63) is 289 Å². The van der Waals surface area contributed by atoms with Crippen LogP contribution in [0, 0.1) is 29.1 Å². The highest BCUT2D eigenvalue weighted by Crippen LogP contribution is 2.39. The average molecular weight is 1810 g/mol. The first kappa shape index (κ1) is 95.3. The van der Waals surface area contributed by atoms with Crippen LogP contribution in [0.2, 0.25) is 25.1 Å². The van der Waals surface area contributed by atoms with Crippen LogP contribution in [0.4, 0.5) is 22.0 Å². The number of carbonyl (C=O) groups excluding carboxylic acids is 2. The molecule has 5 heterocycles. The number of alkyl halides is 1. The Morgan fingerprint density at radius 1 is 0.458 bits per heavy atom. The third kappa shape index (κ3) is 25.8. The third-order valence-electron chi connectivity index (χ3n) is 16.0. The van der Waals surface area contributed by atoms with Crippen molar-refractivity contribution in [3.63, 3.8) is 0 Å². The van der Waals surface area contributed by atoms with Gasteiger partial charge in [-0.1, -0.05) is 107 Å². The summed E-state index contributed by atoms with van der Waals surface area (Å²) in [5.74, 6) is -1.45. The largest absolute Gasteiger partial charge is 0.494 e. The second-order valence-corrected chi connectivity index (χ2v) is 28.0. The van der Waals surface area contributed by atoms with Crippen molar-refractivity contribution in [1.82, 2.24) is 24.9 Å². The molecule has 0 aliphatic carbocycles. The minimum Gasteiger partial charge on any atom is -0.494 e. The molecule has 0 spiro atoms. The summed E-state index contributed by atoms with van der Waals surface area (Å²) >= 11 is 32.1. The SMILES string of the molecule is C=CC(O)(CN=[N+]=[N-])c1ccc(OC)c(-c2ccc(F)c(Cl)c2)n1.COc1ccc(C(=O)CBr)nc1-c1ccc(F)c(Cl)c1.COc1ccc(C(=O)CN=[N+]=[N-])nc1-c1ccc(F)c(Cl)c1.COc1ccc(C(O)(CN=[N+]=[N-])COS(C)(=O)=O)nc1-c1ccc(F)c(Cl)c1.COc1ccc(C(O)(CO)CN=[N+]=[N-])nc1-c1ccc(F)c(Cl)c1. The van der Waals surface area contributed by atoms with E-state index >= 15 is 0 Å². The highest BCUT2D eigenvalue weighted by atomic mass is 79.9. The summed E-state index contributed by atoms with van der Waals surface area (Å²) in [4.78, 5) is 55.3. The molecule has 0 radical (unpaired) electrons. The van der Waals surface area contributed by atoms with Crippen molar-refractivity contribution in [1.29, 1.82) is 0 Å². The molecule has 118 heavy (non-hydrogen) atoms. The second-order valence-electron chi connectivity index (χ2n) is 23.7. The molecule has 5 aromatic heterocycles. The van der Waals surface area contributed by atoms with Crippen LogP contribution in [-0.4, -0.2) is 152 Å². The van der Waals surface area contributed by atoms with Gasteiger partial charge in [0.25, 0.3) is 10.1 Å². The van der Waals surface area contributed by atoms with E-state index in [9.17, 15) is 60.4 Å². The van der Waals surface area contributed by atoms with Crippen LogP contribution in [0.25, 0.3) is 98.1 Å². The molecule has 3 unspecified atom stereocenters. The second kappa shape index (κ2) is 44.7. The monoisotopic (exact) mass is 1810 g/mol. The van der Waals surface area contributed by atoms with Crippen LogP contribution in [0.15, 0.2) is 185 Å². The Balaban J connectivity index is 0.000000230. The first-order valence-corrected chi connectivity index (χ1v) is 37.9. The average Bonchev–Trinajstić information content (AvgIpc) is 0.801. The summed E-state index contributed by atoms with van der Waals surface area (Å²) in [5.41, 5.74) is 32.9. The number of methoxy groups -OCH3 is 5. The number of aromatic nitrogens is 5. The lowest BCUT2D eigenvalue weighted by atomic mass is 9.98. The van der Waals surface area contributed by atoms with Gasteiger partial charge in [0.2, 0.25) is 0 Å². The maximum Gasteiger partial charge on any atom is 0.264 e. The van der Waals surface area contributed by atoms with Crippen molar-refractivity contribution in [2.75, 3.05) is 86.5 Å². The van der Waals surface area contributed by atoms with Gasteiger partial charge in [-0.05, 0) is 174 Å². The number of aliphatic hydroxyl groups is 4. The zero-order chi connectivity index (χ0) is 87.2. The van der Waals surface area contributed by atoms with Gasteiger partial charge in [0.05, 0.1) is 122 Å². The Morgan fingerprint density at radius 2 is 0.746 bits per heavy atom. The smallest absolute Gasteiger partial charge is 0.264 e. The van der Waals surface area contributed by atoms with Gasteiger partial charge in [-0.25, -0.2) is 46.9 Å². The third-order valence-corrected chi connectivity index (χ3v) is 18.5. The van der Waals surface area contributed by atoms with Crippen LogP contribution >= 0.6 is 73.9 Å². The number of rotatable bonds is 29. The lowest BCUT2D eigenvalue weighted by molar-refractivity contribution is -0.0143. The Labute approximate surface area is 701 Å². The number of hydrogen-bond acceptors (Lipinski definition) is 23. The molecule has 0 aliphatic heterocycles. The van der Waals surface area contributed by atoms with Crippen molar-refractivity contribution in [2.24, 2.45) is 20.5 Å². The number of hydrogen-bond donors (Lipinski definition) is 4. The van der Waals surface area contributed by atoms with Crippen molar-refractivity contribution in [3.8, 4) is 85.0 Å². The number of carbonyl (C=O) groups is 2. The van der Waals surface area contributed by atoms with Crippen molar-refractivity contribution in [2.45, 2.75) is 16.8 Å². The number of Topliss-reactive ketones (excluding diaryl/α,β-unsaturated/α-hetero) is 2. The van der Waals surface area contributed by atoms with E-state index in [0.29, 0.717) is 85.0 Å². The standard InChI is InChI=1S/C16H16ClFN4O5S.C16H14ClFN4O2.C15H14ClFN4O3.C14H10BrClFNO2.C14H10ClFN4O2/c1-26-13-5-6-14(16(23,8-20-22-19)9-27-28(2,24)25)21-15(13)10-3-4-12(18)11(17)7-10;1-3-16(23,9-20-22-19)14-7-6-13(24-2)15(21-14)10-4-5-12(18)11(17)8-10;1-24-12-4-5-13(15(23,8-22)7-19-21-18)20-14(12)9-2-3-11(17)10(16)6-9;1-20-13-5-4-11(12(19)7-15)18-14(13)8-2-3-10(17)9(16)6-8;1-22-13-5-4-11(12(21)7-18-20-17)19-14(13)8-2-3-10(16)9(15)6-8/h3-7,23H,8-9H2,1-2H3;3-8,23H,1,9H2,2H3;2-6,22-23H,7-8H2,1H3;2-6H,7H2,1H3;2-6H,7H2,1H3. The molecule has 3 atom stereocenters. The number of aliphatic hydroxyl groups excluding tert-OH is 1. The molecular weight excluding hydrogens is 1750 g/mol. The number of ketones is 2. The molecule has 0 bridgehead atoms.